The molecule has 2 unspecified atom stereocenters. The average molecular weight is 382 g/mol. The van der Waals surface area contributed by atoms with Gasteiger partial charge in [0.1, 0.15) is 12.4 Å². The summed E-state index contributed by atoms with van der Waals surface area (Å²) in [6.45, 7) is 1.71. The highest BCUT2D eigenvalue weighted by atomic mass is 35.5. The summed E-state index contributed by atoms with van der Waals surface area (Å²) in [6.07, 6.45) is -1.19. The second-order valence-corrected chi connectivity index (χ2v) is 6.70. The lowest BCUT2D eigenvalue weighted by Gasteiger charge is -2.25. The number of aldehydes is 1. The summed E-state index contributed by atoms with van der Waals surface area (Å²) in [5.41, 5.74) is 2.11. The molecule has 0 fully saturated rings. The van der Waals surface area contributed by atoms with Gasteiger partial charge in [0.05, 0.1) is 12.6 Å². The molecule has 1 aliphatic heterocycles. The number of nitrogens with zero attached hydrogens (tertiary/aromatic N) is 1. The van der Waals surface area contributed by atoms with E-state index in [2.05, 4.69) is 0 Å². The predicted octanol–water partition coefficient (Wildman–Crippen LogP) is 4.03. The van der Waals surface area contributed by atoms with Crippen LogP contribution < -0.4 is 5.56 Å². The molecule has 1 aromatic carbocycles. The van der Waals surface area contributed by atoms with Gasteiger partial charge in [0.25, 0.3) is 12.0 Å². The number of hydrogen-bond acceptors (Lipinski definition) is 3. The minimum Gasteiger partial charge on any atom is -0.367 e. The van der Waals surface area contributed by atoms with Gasteiger partial charge in [-0.15, -0.1) is 0 Å². The molecule has 0 aliphatic carbocycles. The van der Waals surface area contributed by atoms with Gasteiger partial charge in [-0.25, -0.2) is 8.78 Å². The van der Waals surface area contributed by atoms with Crippen molar-refractivity contribution in [2.75, 3.05) is 0 Å². The molecule has 2 atom stereocenters. The van der Waals surface area contributed by atoms with Crippen LogP contribution in [0.2, 0.25) is 5.02 Å². The van der Waals surface area contributed by atoms with Gasteiger partial charge in [-0.2, -0.15) is 0 Å². The Bertz CT molecular complexity index is 882. The Morgan fingerprint density at radius 2 is 2.04 bits per heavy atom. The zero-order chi connectivity index (χ0) is 18.8. The molecular formula is C19H18ClF2NO3. The lowest BCUT2D eigenvalue weighted by atomic mass is 9.92. The van der Waals surface area contributed by atoms with Crippen LogP contribution in [0.5, 0.6) is 0 Å². The molecule has 2 heterocycles. The van der Waals surface area contributed by atoms with E-state index in [1.54, 1.807) is 25.1 Å². The molecule has 1 aliphatic rings. The van der Waals surface area contributed by atoms with Crippen LogP contribution in [0.3, 0.4) is 0 Å². The van der Waals surface area contributed by atoms with Crippen molar-refractivity contribution in [3.05, 3.63) is 57.0 Å². The lowest BCUT2D eigenvalue weighted by Crippen LogP contribution is -2.29. The van der Waals surface area contributed by atoms with Crippen molar-refractivity contribution in [1.82, 2.24) is 4.57 Å². The number of benzene rings is 1. The minimum atomic E-state index is -2.63. The topological polar surface area (TPSA) is 48.3 Å². The van der Waals surface area contributed by atoms with Crippen molar-refractivity contribution in [2.24, 2.45) is 0 Å². The van der Waals surface area contributed by atoms with Crippen LogP contribution in [-0.2, 0) is 22.6 Å². The first kappa shape index (κ1) is 18.7. The lowest BCUT2D eigenvalue weighted by molar-refractivity contribution is -0.110. The molecule has 0 spiro atoms. The molecule has 0 radical (unpaired) electrons. The molecule has 1 aromatic heterocycles. The number of carbonyl (C=O) groups excluding carboxylic acids is 1. The summed E-state index contributed by atoms with van der Waals surface area (Å²) in [5, 5.41) is 0.452. The smallest absolute Gasteiger partial charge is 0.264 e. The quantitative estimate of drug-likeness (QED) is 0.751. The van der Waals surface area contributed by atoms with Crippen LogP contribution in [0.1, 0.15) is 30.5 Å². The molecule has 7 heteroatoms. The Labute approximate surface area is 154 Å². The zero-order valence-electron chi connectivity index (χ0n) is 14.1. The first-order valence-electron chi connectivity index (χ1n) is 8.33. The predicted molar refractivity (Wildman–Crippen MR) is 94.8 cm³/mol. The standard InChI is InChI=1S/C19H18ClF2NO3/c1-2-14(9-24)23-8-12-10-26-17(19(21)22)5-11-3-4-13(20)6-15(11)16(12)7-18(23)25/h3-4,6-9,14,17,19H,2,5,10H2,1H3. The van der Waals surface area contributed by atoms with Crippen LogP contribution in [0.25, 0.3) is 11.1 Å². The average Bonchev–Trinajstić information content (AvgIpc) is 2.60. The zero-order valence-corrected chi connectivity index (χ0v) is 14.9. The molecule has 0 saturated carbocycles. The van der Waals surface area contributed by atoms with Crippen LogP contribution in [0.15, 0.2) is 35.3 Å². The van der Waals surface area contributed by atoms with Crippen molar-refractivity contribution in [3.63, 3.8) is 0 Å². The fourth-order valence-electron chi connectivity index (χ4n) is 3.19. The maximum Gasteiger partial charge on any atom is 0.264 e. The first-order chi connectivity index (χ1) is 12.4. The van der Waals surface area contributed by atoms with E-state index in [4.69, 9.17) is 16.3 Å². The fourth-order valence-corrected chi connectivity index (χ4v) is 3.36. The number of rotatable bonds is 4. The minimum absolute atomic E-state index is 0.0264. The van der Waals surface area contributed by atoms with Gasteiger partial charge in [0.2, 0.25) is 0 Å². The van der Waals surface area contributed by atoms with Gasteiger partial charge in [0.15, 0.2) is 0 Å². The molecule has 4 nitrogen and oxygen atoms in total. The van der Waals surface area contributed by atoms with Crippen molar-refractivity contribution >= 4 is 17.9 Å². The Morgan fingerprint density at radius 1 is 1.31 bits per heavy atom. The highest BCUT2D eigenvalue weighted by molar-refractivity contribution is 6.30. The summed E-state index contributed by atoms with van der Waals surface area (Å²) in [4.78, 5) is 23.8. The third-order valence-corrected chi connectivity index (χ3v) is 4.85. The largest absolute Gasteiger partial charge is 0.367 e. The van der Waals surface area contributed by atoms with E-state index < -0.39 is 18.6 Å². The molecule has 0 N–H and O–H groups in total. The molecule has 0 saturated heterocycles. The summed E-state index contributed by atoms with van der Waals surface area (Å²) in [5.74, 6) is 0. The second kappa shape index (κ2) is 7.68. The molecule has 138 valence electrons. The van der Waals surface area contributed by atoms with Crippen molar-refractivity contribution < 1.29 is 18.3 Å². The van der Waals surface area contributed by atoms with Gasteiger partial charge in [-0.05, 0) is 35.2 Å². The molecule has 0 amide bonds. The van der Waals surface area contributed by atoms with Crippen LogP contribution in [0.4, 0.5) is 8.78 Å². The fraction of sp³-hybridized carbons (Fsp3) is 0.368. The Morgan fingerprint density at radius 3 is 2.69 bits per heavy atom. The highest BCUT2D eigenvalue weighted by Crippen LogP contribution is 2.34. The Kier molecular flexibility index (Phi) is 5.53. The van der Waals surface area contributed by atoms with Gasteiger partial charge >= 0.3 is 0 Å². The summed E-state index contributed by atoms with van der Waals surface area (Å²) >= 11 is 6.09. The van der Waals surface area contributed by atoms with E-state index in [0.717, 1.165) is 0 Å². The molecule has 26 heavy (non-hydrogen) atoms. The van der Waals surface area contributed by atoms with E-state index in [1.165, 1.54) is 16.8 Å². The number of aromatic nitrogens is 1. The Hall–Kier alpha value is -2.05. The SMILES string of the molecule is CCC(C=O)n1cc2c(cc1=O)-c1cc(Cl)ccc1CC(C(F)F)OC2. The van der Waals surface area contributed by atoms with E-state index in [-0.39, 0.29) is 18.6 Å². The third-order valence-electron chi connectivity index (χ3n) is 4.61. The van der Waals surface area contributed by atoms with Crippen LogP contribution >= 0.6 is 11.6 Å². The summed E-state index contributed by atoms with van der Waals surface area (Å²) in [6, 6.07) is 5.79. The van der Waals surface area contributed by atoms with Crippen molar-refractivity contribution in [1.29, 1.82) is 0 Å². The number of hydrogen-bond donors (Lipinski definition) is 0. The van der Waals surface area contributed by atoms with Crippen LogP contribution in [-0.4, -0.2) is 23.4 Å². The third kappa shape index (κ3) is 3.57. The maximum atomic E-state index is 13.3. The van der Waals surface area contributed by atoms with E-state index in [9.17, 15) is 18.4 Å². The first-order valence-corrected chi connectivity index (χ1v) is 8.71. The maximum absolute atomic E-state index is 13.3. The molecule has 0 bridgehead atoms. The van der Waals surface area contributed by atoms with Crippen molar-refractivity contribution in [2.45, 2.75) is 44.9 Å². The number of alkyl halides is 2. The number of halogens is 3. The molecule has 3 rings (SSSR count). The molecule has 2 aromatic rings. The summed E-state index contributed by atoms with van der Waals surface area (Å²) in [7, 11) is 0. The number of pyridine rings is 1. The van der Waals surface area contributed by atoms with Crippen LogP contribution in [0, 0.1) is 0 Å². The number of ether oxygens (including phenoxy) is 1. The van der Waals surface area contributed by atoms with Gasteiger partial charge < -0.3 is 14.1 Å². The van der Waals surface area contributed by atoms with E-state index in [0.29, 0.717) is 40.0 Å². The summed E-state index contributed by atoms with van der Waals surface area (Å²) < 4.78 is 33.4. The van der Waals surface area contributed by atoms with Gasteiger partial charge in [0, 0.05) is 29.3 Å². The normalized spacial score (nSPS) is 17.8. The van der Waals surface area contributed by atoms with Gasteiger partial charge in [-0.1, -0.05) is 24.6 Å². The number of fused-ring (bicyclic) bond motifs is 3. The Balaban J connectivity index is 2.21. The highest BCUT2D eigenvalue weighted by Gasteiger charge is 2.27. The van der Waals surface area contributed by atoms with Gasteiger partial charge in [-0.3, -0.25) is 4.79 Å². The molecular weight excluding hydrogens is 364 g/mol. The van der Waals surface area contributed by atoms with E-state index >= 15 is 0 Å². The van der Waals surface area contributed by atoms with E-state index in [1.807, 2.05) is 0 Å². The second-order valence-electron chi connectivity index (χ2n) is 6.26. The monoisotopic (exact) mass is 381 g/mol. The van der Waals surface area contributed by atoms with Crippen molar-refractivity contribution in [3.8, 4) is 11.1 Å². The number of carbonyl (C=O) groups is 1.